The van der Waals surface area contributed by atoms with Crippen LogP contribution >= 0.6 is 0 Å². The van der Waals surface area contributed by atoms with E-state index in [1.54, 1.807) is 0 Å². The highest BCUT2D eigenvalue weighted by molar-refractivity contribution is 5.94. The summed E-state index contributed by atoms with van der Waals surface area (Å²) in [7, 11) is 0. The molecular weight excluding hydrogens is 472 g/mol. The van der Waals surface area contributed by atoms with Gasteiger partial charge in [0, 0.05) is 41.2 Å². The molecule has 37 heavy (non-hydrogen) atoms. The van der Waals surface area contributed by atoms with E-state index in [-0.39, 0.29) is 55.1 Å². The number of ether oxygens (including phenoxy) is 2. The van der Waals surface area contributed by atoms with Crippen LogP contribution < -0.4 is 0 Å². The molecule has 7 rings (SSSR count). The molecule has 196 valence electrons. The molecule has 7 aliphatic rings. The van der Waals surface area contributed by atoms with E-state index >= 15 is 0 Å². The van der Waals surface area contributed by atoms with Crippen molar-refractivity contribution in [2.75, 3.05) is 0 Å². The fourth-order valence-corrected chi connectivity index (χ4v) is 10.1. The normalized spacial score (nSPS) is 52.3. The largest absolute Gasteiger partial charge is 0.458 e. The molecule has 0 bridgehead atoms. The number of hydrogen-bond acceptors (Lipinski definition) is 7. The number of Topliss-reactive ketones (excluding diaryl/α,β-unsaturated/α-hetero) is 1. The van der Waals surface area contributed by atoms with E-state index in [4.69, 9.17) is 9.47 Å². The maximum absolute atomic E-state index is 14.2. The third-order valence-corrected chi connectivity index (χ3v) is 11.8. The number of aliphatic hydroxyl groups is 2. The lowest BCUT2D eigenvalue weighted by atomic mass is 9.59. The van der Waals surface area contributed by atoms with Crippen molar-refractivity contribution in [1.29, 1.82) is 0 Å². The van der Waals surface area contributed by atoms with E-state index in [0.29, 0.717) is 36.8 Å². The Kier molecular flexibility index (Phi) is 4.54. The number of ketones is 1. The van der Waals surface area contributed by atoms with Crippen molar-refractivity contribution < 1.29 is 34.1 Å². The smallest absolute Gasteiger partial charge is 0.334 e. The van der Waals surface area contributed by atoms with Gasteiger partial charge in [-0.3, -0.25) is 4.79 Å². The highest BCUT2D eigenvalue weighted by Crippen LogP contribution is 2.74. The van der Waals surface area contributed by atoms with Crippen LogP contribution in [-0.2, 0) is 23.9 Å². The molecule has 5 aliphatic carbocycles. The number of fused-ring (bicyclic) bond motifs is 10. The van der Waals surface area contributed by atoms with Gasteiger partial charge < -0.3 is 19.7 Å². The van der Waals surface area contributed by atoms with Crippen LogP contribution in [0, 0.1) is 40.9 Å². The number of allylic oxidation sites excluding steroid dienone is 2. The first-order valence-electron chi connectivity index (χ1n) is 13.6. The van der Waals surface area contributed by atoms with Gasteiger partial charge in [0.15, 0.2) is 0 Å². The lowest BCUT2D eigenvalue weighted by Crippen LogP contribution is -2.63. The summed E-state index contributed by atoms with van der Waals surface area (Å²) in [5.41, 5.74) is -2.08. The number of carbonyl (C=O) groups is 3. The number of esters is 2. The van der Waals surface area contributed by atoms with Gasteiger partial charge in [-0.15, -0.1) is 0 Å². The van der Waals surface area contributed by atoms with Crippen LogP contribution in [0.3, 0.4) is 0 Å². The zero-order chi connectivity index (χ0) is 26.2. The summed E-state index contributed by atoms with van der Waals surface area (Å²) in [5.74, 6) is -3.11. The number of carbonyl (C=O) groups excluding carboxylic acids is 3. The lowest BCUT2D eigenvalue weighted by molar-refractivity contribution is -0.205. The SMILES string of the molecule is C=C1C(=O)OC2[C@@H]3[C@@H](C[C@@]4(O)[C@]3(O)CC[C@]43C(=O)C[C@H]4C(=C)CC[C@H]5C(=C)C(=O)O[C@@H]5[C@H]43)C(=C)CC[C@@H]12. The molecule has 0 aromatic heterocycles. The average molecular weight is 507 g/mol. The Morgan fingerprint density at radius 2 is 1.27 bits per heavy atom. The summed E-state index contributed by atoms with van der Waals surface area (Å²) in [4.78, 5) is 39.3. The molecule has 2 N–H and O–H groups in total. The molecule has 2 heterocycles. The lowest BCUT2D eigenvalue weighted by Gasteiger charge is -2.48. The predicted octanol–water partition coefficient (Wildman–Crippen LogP) is 2.97. The molecule has 7 heteroatoms. The van der Waals surface area contributed by atoms with Gasteiger partial charge in [-0.25, -0.2) is 9.59 Å². The monoisotopic (exact) mass is 506 g/mol. The van der Waals surface area contributed by atoms with Crippen molar-refractivity contribution in [1.82, 2.24) is 0 Å². The van der Waals surface area contributed by atoms with E-state index in [0.717, 1.165) is 11.1 Å². The quantitative estimate of drug-likeness (QED) is 0.295. The fraction of sp³-hybridized carbons (Fsp3) is 0.633. The zero-order valence-electron chi connectivity index (χ0n) is 21.0. The van der Waals surface area contributed by atoms with Crippen LogP contribution in [0.4, 0.5) is 0 Å². The second kappa shape index (κ2) is 7.11. The summed E-state index contributed by atoms with van der Waals surface area (Å²) < 4.78 is 11.7. The van der Waals surface area contributed by atoms with Crippen molar-refractivity contribution in [3.05, 3.63) is 48.6 Å². The molecule has 1 unspecified atom stereocenters. The minimum atomic E-state index is -1.78. The number of rotatable bonds is 0. The van der Waals surface area contributed by atoms with Crippen LogP contribution in [0.5, 0.6) is 0 Å². The standard InChI is InChI=1S/C30H34O7/c1-13-5-7-17-15(3)26(32)36-24(17)22-19(13)11-21(31)28(22)9-10-29(34)23-20(12-30(28,29)35)14(2)6-8-18-16(4)27(33)37-25(18)23/h17-20,22-25,34-35H,1-12H2/t17-,18-,19-,20-,22-,23-,24-,25?,28+,29-,30-/m0/s1. The summed E-state index contributed by atoms with van der Waals surface area (Å²) in [6, 6.07) is 0. The first-order chi connectivity index (χ1) is 17.5. The van der Waals surface area contributed by atoms with Crippen molar-refractivity contribution >= 4 is 17.7 Å². The number of hydrogen-bond donors (Lipinski definition) is 2. The Balaban J connectivity index is 1.39. The predicted molar refractivity (Wildman–Crippen MR) is 132 cm³/mol. The average Bonchev–Trinajstić information content (AvgIpc) is 3.49. The van der Waals surface area contributed by atoms with E-state index in [2.05, 4.69) is 26.3 Å². The highest BCUT2D eigenvalue weighted by Gasteiger charge is 2.83. The molecule has 0 aromatic rings. The van der Waals surface area contributed by atoms with Crippen LogP contribution in [0.1, 0.15) is 51.4 Å². The van der Waals surface area contributed by atoms with Gasteiger partial charge in [-0.05, 0) is 56.8 Å². The maximum atomic E-state index is 14.2. The summed E-state index contributed by atoms with van der Waals surface area (Å²) >= 11 is 0. The second-order valence-corrected chi connectivity index (χ2v) is 12.7. The van der Waals surface area contributed by atoms with E-state index in [9.17, 15) is 24.6 Å². The van der Waals surface area contributed by atoms with Crippen LogP contribution in [0.2, 0.25) is 0 Å². The third-order valence-electron chi connectivity index (χ3n) is 11.8. The molecule has 7 fully saturated rings. The topological polar surface area (TPSA) is 110 Å². The minimum absolute atomic E-state index is 0.0947. The van der Waals surface area contributed by atoms with Gasteiger partial charge >= 0.3 is 11.9 Å². The molecule has 1 spiro atoms. The first-order valence-corrected chi connectivity index (χ1v) is 13.6. The van der Waals surface area contributed by atoms with Crippen LogP contribution in [0.25, 0.3) is 0 Å². The molecule has 2 saturated heterocycles. The van der Waals surface area contributed by atoms with Crippen LogP contribution in [-0.4, -0.2) is 51.3 Å². The van der Waals surface area contributed by atoms with Crippen molar-refractivity contribution in [3.8, 4) is 0 Å². The van der Waals surface area contributed by atoms with Gasteiger partial charge in [0.25, 0.3) is 0 Å². The molecule has 0 amide bonds. The van der Waals surface area contributed by atoms with Gasteiger partial charge in [-0.2, -0.15) is 0 Å². The third kappa shape index (κ3) is 2.49. The van der Waals surface area contributed by atoms with E-state index < -0.39 is 52.6 Å². The van der Waals surface area contributed by atoms with Gasteiger partial charge in [-0.1, -0.05) is 37.5 Å². The Morgan fingerprint density at radius 3 is 1.86 bits per heavy atom. The van der Waals surface area contributed by atoms with Gasteiger partial charge in [0.05, 0.1) is 5.41 Å². The molecule has 0 aromatic carbocycles. The second-order valence-electron chi connectivity index (χ2n) is 12.7. The summed E-state index contributed by atoms with van der Waals surface area (Å²) in [6.07, 6.45) is 2.26. The van der Waals surface area contributed by atoms with Crippen molar-refractivity contribution in [2.24, 2.45) is 40.9 Å². The van der Waals surface area contributed by atoms with Crippen LogP contribution in [0.15, 0.2) is 48.6 Å². The minimum Gasteiger partial charge on any atom is -0.458 e. The molecule has 7 nitrogen and oxygen atoms in total. The summed E-state index contributed by atoms with van der Waals surface area (Å²) in [6.45, 7) is 16.6. The highest BCUT2D eigenvalue weighted by atomic mass is 16.6. The summed E-state index contributed by atoms with van der Waals surface area (Å²) in [5, 5.41) is 25.4. The van der Waals surface area contributed by atoms with Gasteiger partial charge in [0.2, 0.25) is 0 Å². The Labute approximate surface area is 216 Å². The fourth-order valence-electron chi connectivity index (χ4n) is 10.1. The molecule has 2 aliphatic heterocycles. The Morgan fingerprint density at radius 1 is 0.730 bits per heavy atom. The van der Waals surface area contributed by atoms with E-state index in [1.165, 1.54) is 0 Å². The Hall–Kier alpha value is -2.51. The Bertz CT molecular complexity index is 1230. The molecule has 11 atom stereocenters. The molecule has 0 radical (unpaired) electrons. The zero-order valence-corrected chi connectivity index (χ0v) is 21.0. The van der Waals surface area contributed by atoms with Crippen molar-refractivity contribution in [3.63, 3.8) is 0 Å². The van der Waals surface area contributed by atoms with E-state index in [1.807, 2.05) is 0 Å². The van der Waals surface area contributed by atoms with Gasteiger partial charge in [0.1, 0.15) is 29.2 Å². The maximum Gasteiger partial charge on any atom is 0.334 e. The van der Waals surface area contributed by atoms with Crippen molar-refractivity contribution in [2.45, 2.75) is 74.8 Å². The molecular formula is C30H34O7. The first kappa shape index (κ1) is 23.6. The molecule has 5 saturated carbocycles.